The number of nitrogens with zero attached hydrogens (tertiary/aromatic N) is 3. The van der Waals surface area contributed by atoms with Gasteiger partial charge in [0.2, 0.25) is 5.95 Å². The van der Waals surface area contributed by atoms with Gasteiger partial charge in [-0.15, -0.1) is 6.58 Å². The second-order valence-corrected chi connectivity index (χ2v) is 4.01. The van der Waals surface area contributed by atoms with E-state index < -0.39 is 0 Å². The van der Waals surface area contributed by atoms with E-state index in [1.165, 1.54) is 12.4 Å². The van der Waals surface area contributed by atoms with Crippen LogP contribution in [0.1, 0.15) is 15.9 Å². The first-order valence-electron chi connectivity index (χ1n) is 6.13. The normalized spacial score (nSPS) is 9.80. The third-order valence-corrected chi connectivity index (χ3v) is 2.49. The molecule has 2 rings (SSSR count). The molecule has 1 amide bonds. The predicted molar refractivity (Wildman–Crippen MR) is 76.1 cm³/mol. The van der Waals surface area contributed by atoms with Crippen LogP contribution in [-0.4, -0.2) is 27.4 Å². The Morgan fingerprint density at radius 3 is 2.75 bits per heavy atom. The number of hydrogen-bond donors (Lipinski definition) is 2. The molecule has 0 bridgehead atoms. The molecule has 2 N–H and O–H groups in total. The quantitative estimate of drug-likeness (QED) is 0.775. The molecule has 0 unspecified atom stereocenters. The fourth-order valence-electron chi connectivity index (χ4n) is 1.49. The molecule has 0 aliphatic heterocycles. The number of hydrogen-bond acceptors (Lipinski definition) is 5. The van der Waals surface area contributed by atoms with Crippen molar-refractivity contribution in [3.05, 3.63) is 60.7 Å². The zero-order valence-corrected chi connectivity index (χ0v) is 10.9. The van der Waals surface area contributed by atoms with E-state index in [0.29, 0.717) is 24.6 Å². The van der Waals surface area contributed by atoms with Crippen LogP contribution < -0.4 is 10.6 Å². The van der Waals surface area contributed by atoms with Crippen LogP contribution in [0.25, 0.3) is 0 Å². The molecule has 0 aliphatic rings. The number of amides is 1. The highest BCUT2D eigenvalue weighted by molar-refractivity contribution is 5.93. The average molecular weight is 269 g/mol. The standard InChI is InChI=1S/C14H15N5O/c1-2-5-16-13(20)12-9-18-14(19-10-12)17-8-11-4-3-6-15-7-11/h2-4,6-7,9-10H,1,5,8H2,(H,16,20)(H,17,18,19). The van der Waals surface area contributed by atoms with Gasteiger partial charge in [0, 0.05) is 37.9 Å². The summed E-state index contributed by atoms with van der Waals surface area (Å²) in [4.78, 5) is 23.8. The number of nitrogens with one attached hydrogen (secondary N) is 2. The summed E-state index contributed by atoms with van der Waals surface area (Å²) in [7, 11) is 0. The number of rotatable bonds is 6. The number of anilines is 1. The number of carbonyl (C=O) groups is 1. The molecule has 0 radical (unpaired) electrons. The number of pyridine rings is 1. The Morgan fingerprint density at radius 1 is 1.30 bits per heavy atom. The fourth-order valence-corrected chi connectivity index (χ4v) is 1.49. The summed E-state index contributed by atoms with van der Waals surface area (Å²) < 4.78 is 0. The van der Waals surface area contributed by atoms with Crippen LogP contribution in [0.5, 0.6) is 0 Å². The van der Waals surface area contributed by atoms with E-state index in [2.05, 4.69) is 32.2 Å². The lowest BCUT2D eigenvalue weighted by molar-refractivity contribution is 0.0957. The van der Waals surface area contributed by atoms with E-state index in [1.807, 2.05) is 12.1 Å². The Morgan fingerprint density at radius 2 is 2.10 bits per heavy atom. The minimum atomic E-state index is -0.219. The second-order valence-electron chi connectivity index (χ2n) is 4.01. The zero-order chi connectivity index (χ0) is 14.2. The van der Waals surface area contributed by atoms with Crippen molar-refractivity contribution in [1.29, 1.82) is 0 Å². The minimum absolute atomic E-state index is 0.219. The van der Waals surface area contributed by atoms with Crippen molar-refractivity contribution in [2.24, 2.45) is 0 Å². The lowest BCUT2D eigenvalue weighted by Crippen LogP contribution is -2.23. The van der Waals surface area contributed by atoms with Crippen molar-refractivity contribution < 1.29 is 4.79 Å². The van der Waals surface area contributed by atoms with Gasteiger partial charge in [-0.1, -0.05) is 12.1 Å². The summed E-state index contributed by atoms with van der Waals surface area (Å²) in [5.41, 5.74) is 1.45. The monoisotopic (exact) mass is 269 g/mol. The number of aromatic nitrogens is 3. The molecule has 2 aromatic rings. The van der Waals surface area contributed by atoms with Gasteiger partial charge in [-0.3, -0.25) is 9.78 Å². The van der Waals surface area contributed by atoms with Gasteiger partial charge < -0.3 is 10.6 Å². The molecule has 0 aromatic carbocycles. The fraction of sp³-hybridized carbons (Fsp3) is 0.143. The summed E-state index contributed by atoms with van der Waals surface area (Å²) in [6, 6.07) is 3.82. The Balaban J connectivity index is 1.91. The summed E-state index contributed by atoms with van der Waals surface area (Å²) in [5, 5.41) is 5.72. The molecular formula is C14H15N5O. The lowest BCUT2D eigenvalue weighted by Gasteiger charge is -2.05. The molecule has 0 saturated heterocycles. The Bertz CT molecular complexity index is 568. The van der Waals surface area contributed by atoms with Gasteiger partial charge in [-0.2, -0.15) is 0 Å². The zero-order valence-electron chi connectivity index (χ0n) is 10.9. The largest absolute Gasteiger partial charge is 0.350 e. The van der Waals surface area contributed by atoms with Gasteiger partial charge >= 0.3 is 0 Å². The first-order valence-corrected chi connectivity index (χ1v) is 6.13. The van der Waals surface area contributed by atoms with Crippen LogP contribution in [0, 0.1) is 0 Å². The van der Waals surface area contributed by atoms with Gasteiger partial charge in [0.25, 0.3) is 5.91 Å². The van der Waals surface area contributed by atoms with E-state index in [4.69, 9.17) is 0 Å². The number of carbonyl (C=O) groups excluding carboxylic acids is 1. The maximum absolute atomic E-state index is 11.6. The molecule has 0 saturated carbocycles. The van der Waals surface area contributed by atoms with Gasteiger partial charge in [-0.05, 0) is 11.6 Å². The first-order chi connectivity index (χ1) is 9.79. The highest BCUT2D eigenvalue weighted by Gasteiger charge is 2.05. The van der Waals surface area contributed by atoms with Crippen molar-refractivity contribution in [3.8, 4) is 0 Å². The summed E-state index contributed by atoms with van der Waals surface area (Å²) >= 11 is 0. The third-order valence-electron chi connectivity index (χ3n) is 2.49. The van der Waals surface area contributed by atoms with Crippen LogP contribution in [0.3, 0.4) is 0 Å². The average Bonchev–Trinajstić information content (AvgIpc) is 2.52. The summed E-state index contributed by atoms with van der Waals surface area (Å²) in [6.45, 7) is 4.53. The topological polar surface area (TPSA) is 79.8 Å². The second kappa shape index (κ2) is 6.98. The van der Waals surface area contributed by atoms with Crippen LogP contribution in [0.4, 0.5) is 5.95 Å². The van der Waals surface area contributed by atoms with Crippen molar-refractivity contribution >= 4 is 11.9 Å². The molecule has 0 spiro atoms. The molecule has 102 valence electrons. The van der Waals surface area contributed by atoms with Crippen LogP contribution in [-0.2, 0) is 6.54 Å². The molecule has 20 heavy (non-hydrogen) atoms. The molecule has 6 nitrogen and oxygen atoms in total. The Kier molecular flexibility index (Phi) is 4.77. The Labute approximate surface area is 117 Å². The van der Waals surface area contributed by atoms with Gasteiger partial charge in [0.15, 0.2) is 0 Å². The SMILES string of the molecule is C=CCNC(=O)c1cnc(NCc2cccnc2)nc1. The first kappa shape index (κ1) is 13.7. The molecule has 0 atom stereocenters. The summed E-state index contributed by atoms with van der Waals surface area (Å²) in [5.74, 6) is 0.248. The highest BCUT2D eigenvalue weighted by atomic mass is 16.1. The maximum atomic E-state index is 11.6. The predicted octanol–water partition coefficient (Wildman–Crippen LogP) is 1.40. The lowest BCUT2D eigenvalue weighted by atomic mass is 10.3. The van der Waals surface area contributed by atoms with E-state index in [1.54, 1.807) is 18.5 Å². The van der Waals surface area contributed by atoms with Crippen molar-refractivity contribution in [3.63, 3.8) is 0 Å². The molecule has 2 heterocycles. The molecule has 0 fully saturated rings. The van der Waals surface area contributed by atoms with Crippen molar-refractivity contribution in [2.45, 2.75) is 6.54 Å². The molecule has 6 heteroatoms. The van der Waals surface area contributed by atoms with Crippen molar-refractivity contribution in [2.75, 3.05) is 11.9 Å². The van der Waals surface area contributed by atoms with E-state index in [9.17, 15) is 4.79 Å². The third kappa shape index (κ3) is 3.88. The minimum Gasteiger partial charge on any atom is -0.350 e. The highest BCUT2D eigenvalue weighted by Crippen LogP contribution is 2.03. The van der Waals surface area contributed by atoms with Gasteiger partial charge in [0.1, 0.15) is 0 Å². The van der Waals surface area contributed by atoms with Crippen LogP contribution >= 0.6 is 0 Å². The van der Waals surface area contributed by atoms with E-state index in [-0.39, 0.29) is 5.91 Å². The maximum Gasteiger partial charge on any atom is 0.254 e. The van der Waals surface area contributed by atoms with Crippen LogP contribution in [0.2, 0.25) is 0 Å². The summed E-state index contributed by atoms with van der Waals surface area (Å²) in [6.07, 6.45) is 8.07. The smallest absolute Gasteiger partial charge is 0.254 e. The van der Waals surface area contributed by atoms with Crippen molar-refractivity contribution in [1.82, 2.24) is 20.3 Å². The Hall–Kier alpha value is -2.76. The van der Waals surface area contributed by atoms with E-state index in [0.717, 1.165) is 5.56 Å². The van der Waals surface area contributed by atoms with Crippen LogP contribution in [0.15, 0.2) is 49.6 Å². The molecule has 0 aliphatic carbocycles. The van der Waals surface area contributed by atoms with E-state index >= 15 is 0 Å². The van der Waals surface area contributed by atoms with Gasteiger partial charge in [-0.25, -0.2) is 9.97 Å². The molecular weight excluding hydrogens is 254 g/mol. The molecule has 2 aromatic heterocycles. The van der Waals surface area contributed by atoms with Gasteiger partial charge in [0.05, 0.1) is 5.56 Å².